The van der Waals surface area contributed by atoms with Gasteiger partial charge in [-0.1, -0.05) is 81.3 Å². The van der Waals surface area contributed by atoms with E-state index in [2.05, 4.69) is 56.3 Å². The number of unbranched alkanes of at least 4 members (excludes halogenated alkanes) is 1. The standard InChI is InChI=1S/C32H35ClN8O2/c1-4-7-13-27-35-31(33)29(30(43)28-26(42)17-15-23(34-28)20-40(5-2)6-3)41(27)19-21-14-16-24(22-11-9-8-10-12-22)25(18-21)32-36-38-39-37-32/h8-12,14-18,42H,4-7,13,19-20H2,1-3H3,(H,36,37,38,39). The van der Waals surface area contributed by atoms with E-state index in [0.29, 0.717) is 36.9 Å². The van der Waals surface area contributed by atoms with E-state index in [1.54, 1.807) is 6.07 Å². The average molecular weight is 599 g/mol. The van der Waals surface area contributed by atoms with Crippen molar-refractivity contribution < 1.29 is 9.90 Å². The van der Waals surface area contributed by atoms with Crippen molar-refractivity contribution in [1.82, 2.24) is 40.1 Å². The molecule has 3 aromatic heterocycles. The zero-order valence-electron chi connectivity index (χ0n) is 24.6. The molecule has 222 valence electrons. The topological polar surface area (TPSA) is 126 Å². The van der Waals surface area contributed by atoms with Gasteiger partial charge in [-0.25, -0.2) is 9.97 Å². The lowest BCUT2D eigenvalue weighted by molar-refractivity contribution is 0.102. The van der Waals surface area contributed by atoms with Crippen molar-refractivity contribution in [2.45, 2.75) is 53.1 Å². The number of carbonyl (C=O) groups is 1. The number of aromatic amines is 1. The lowest BCUT2D eigenvalue weighted by Crippen LogP contribution is -2.23. The smallest absolute Gasteiger partial charge is 0.234 e. The molecule has 0 atom stereocenters. The Balaban J connectivity index is 1.57. The van der Waals surface area contributed by atoms with E-state index in [0.717, 1.165) is 48.2 Å². The quantitative estimate of drug-likeness (QED) is 0.159. The van der Waals surface area contributed by atoms with Crippen molar-refractivity contribution in [3.05, 3.63) is 94.3 Å². The third kappa shape index (κ3) is 6.65. The summed E-state index contributed by atoms with van der Waals surface area (Å²) in [5.41, 5.74) is 4.52. The zero-order chi connectivity index (χ0) is 30.3. The van der Waals surface area contributed by atoms with Crippen LogP contribution in [0.3, 0.4) is 0 Å². The Bertz CT molecular complexity index is 1680. The van der Waals surface area contributed by atoms with Crippen LogP contribution in [0.4, 0.5) is 0 Å². The number of carbonyl (C=O) groups excluding carboxylic acids is 1. The highest BCUT2D eigenvalue weighted by atomic mass is 35.5. The van der Waals surface area contributed by atoms with Crippen LogP contribution in [0.5, 0.6) is 5.75 Å². The summed E-state index contributed by atoms with van der Waals surface area (Å²) in [6, 6.07) is 19.3. The van der Waals surface area contributed by atoms with Gasteiger partial charge in [0.05, 0.1) is 5.69 Å². The number of rotatable bonds is 13. The molecular weight excluding hydrogens is 564 g/mol. The van der Waals surface area contributed by atoms with Crippen molar-refractivity contribution in [3.8, 4) is 28.3 Å². The maximum atomic E-state index is 14.0. The summed E-state index contributed by atoms with van der Waals surface area (Å²) in [7, 11) is 0. The highest BCUT2D eigenvalue weighted by Gasteiger charge is 2.27. The second-order valence-electron chi connectivity index (χ2n) is 10.3. The van der Waals surface area contributed by atoms with Crippen molar-refractivity contribution in [1.29, 1.82) is 0 Å². The number of aromatic hydroxyl groups is 1. The SMILES string of the molecule is CCCCc1nc(Cl)c(C(=O)c2nc(CN(CC)CC)ccc2O)n1Cc1ccc(-c2ccccc2)c(-c2nn[nH]n2)c1. The van der Waals surface area contributed by atoms with Crippen LogP contribution in [0.2, 0.25) is 5.15 Å². The lowest BCUT2D eigenvalue weighted by Gasteiger charge is -2.18. The van der Waals surface area contributed by atoms with Crippen molar-refractivity contribution in [2.24, 2.45) is 0 Å². The lowest BCUT2D eigenvalue weighted by atomic mass is 9.97. The molecule has 0 saturated heterocycles. The second-order valence-corrected chi connectivity index (χ2v) is 10.7. The number of aromatic nitrogens is 7. The Morgan fingerprint density at radius 1 is 1.00 bits per heavy atom. The summed E-state index contributed by atoms with van der Waals surface area (Å²) < 4.78 is 1.84. The van der Waals surface area contributed by atoms with Crippen LogP contribution < -0.4 is 0 Å². The number of ketones is 1. The van der Waals surface area contributed by atoms with Crippen molar-refractivity contribution in [3.63, 3.8) is 0 Å². The van der Waals surface area contributed by atoms with E-state index < -0.39 is 5.78 Å². The van der Waals surface area contributed by atoms with E-state index in [9.17, 15) is 9.90 Å². The summed E-state index contributed by atoms with van der Waals surface area (Å²) in [5, 5.41) is 25.6. The highest BCUT2D eigenvalue weighted by molar-refractivity contribution is 6.33. The van der Waals surface area contributed by atoms with Gasteiger partial charge >= 0.3 is 0 Å². The number of H-pyrrole nitrogens is 1. The molecule has 0 aliphatic rings. The minimum Gasteiger partial charge on any atom is -0.506 e. The normalized spacial score (nSPS) is 11.4. The maximum absolute atomic E-state index is 14.0. The average Bonchev–Trinajstić information content (AvgIpc) is 3.68. The first-order valence-corrected chi connectivity index (χ1v) is 14.9. The molecule has 11 heteroatoms. The van der Waals surface area contributed by atoms with Gasteiger partial charge in [0.1, 0.15) is 17.3 Å². The Morgan fingerprint density at radius 3 is 2.49 bits per heavy atom. The van der Waals surface area contributed by atoms with Gasteiger partial charge in [0.2, 0.25) is 11.6 Å². The first-order valence-electron chi connectivity index (χ1n) is 14.6. The van der Waals surface area contributed by atoms with Gasteiger partial charge in [0, 0.05) is 25.1 Å². The molecular formula is C32H35ClN8O2. The Hall–Kier alpha value is -4.41. The van der Waals surface area contributed by atoms with Crippen LogP contribution in [0.15, 0.2) is 60.7 Å². The van der Waals surface area contributed by atoms with Crippen LogP contribution in [-0.2, 0) is 19.5 Å². The van der Waals surface area contributed by atoms with Crippen LogP contribution in [-0.4, -0.2) is 64.0 Å². The summed E-state index contributed by atoms with van der Waals surface area (Å²) in [6.45, 7) is 8.82. The van der Waals surface area contributed by atoms with Crippen molar-refractivity contribution in [2.75, 3.05) is 13.1 Å². The number of imidazole rings is 1. The first-order chi connectivity index (χ1) is 20.9. The van der Waals surface area contributed by atoms with E-state index in [1.807, 2.05) is 53.1 Å². The molecule has 0 radical (unpaired) electrons. The number of benzene rings is 2. The molecule has 0 amide bonds. The third-order valence-corrected chi connectivity index (χ3v) is 7.76. The number of nitrogens with one attached hydrogen (secondary N) is 1. The second kappa shape index (κ2) is 13.7. The van der Waals surface area contributed by atoms with Crippen LogP contribution in [0.1, 0.15) is 66.9 Å². The summed E-state index contributed by atoms with van der Waals surface area (Å²) in [6.07, 6.45) is 2.48. The molecule has 3 heterocycles. The van der Waals surface area contributed by atoms with Gasteiger partial charge in [0.15, 0.2) is 10.8 Å². The molecule has 2 N–H and O–H groups in total. The summed E-state index contributed by atoms with van der Waals surface area (Å²) in [4.78, 5) is 25.4. The van der Waals surface area contributed by atoms with E-state index >= 15 is 0 Å². The fraction of sp³-hybridized carbons (Fsp3) is 0.312. The predicted molar refractivity (Wildman–Crippen MR) is 166 cm³/mol. The highest BCUT2D eigenvalue weighted by Crippen LogP contribution is 2.32. The Kier molecular flexibility index (Phi) is 9.58. The van der Waals surface area contributed by atoms with Gasteiger partial charge in [-0.2, -0.15) is 5.21 Å². The van der Waals surface area contributed by atoms with Crippen LogP contribution in [0, 0.1) is 0 Å². The van der Waals surface area contributed by atoms with Gasteiger partial charge < -0.3 is 9.67 Å². The number of aryl methyl sites for hydroxylation is 1. The molecule has 0 aliphatic carbocycles. The first kappa shape index (κ1) is 30.1. The molecule has 0 bridgehead atoms. The van der Waals surface area contributed by atoms with Gasteiger partial charge in [-0.15, -0.1) is 10.2 Å². The molecule has 0 aliphatic heterocycles. The predicted octanol–water partition coefficient (Wildman–Crippen LogP) is 5.95. The monoisotopic (exact) mass is 598 g/mol. The van der Waals surface area contributed by atoms with Gasteiger partial charge in [-0.3, -0.25) is 9.69 Å². The number of hydrogen-bond acceptors (Lipinski definition) is 8. The molecule has 10 nitrogen and oxygen atoms in total. The molecule has 0 saturated carbocycles. The molecule has 0 unspecified atom stereocenters. The molecule has 0 spiro atoms. The van der Waals surface area contributed by atoms with E-state index in [-0.39, 0.29) is 22.3 Å². The number of hydrogen-bond donors (Lipinski definition) is 2. The molecule has 5 rings (SSSR count). The molecule has 0 fully saturated rings. The third-order valence-electron chi connectivity index (χ3n) is 7.50. The maximum Gasteiger partial charge on any atom is 0.234 e. The van der Waals surface area contributed by atoms with Gasteiger partial charge in [-0.05, 0) is 59.6 Å². The Labute approximate surface area is 255 Å². The summed E-state index contributed by atoms with van der Waals surface area (Å²) >= 11 is 6.68. The van der Waals surface area contributed by atoms with E-state index in [1.165, 1.54) is 6.07 Å². The van der Waals surface area contributed by atoms with Crippen molar-refractivity contribution >= 4 is 17.4 Å². The van der Waals surface area contributed by atoms with Gasteiger partial charge in [0.25, 0.3) is 0 Å². The number of tetrazole rings is 1. The van der Waals surface area contributed by atoms with E-state index in [4.69, 9.17) is 11.6 Å². The van der Waals surface area contributed by atoms with Crippen LogP contribution in [0.25, 0.3) is 22.5 Å². The molecule has 2 aromatic carbocycles. The van der Waals surface area contributed by atoms with Crippen LogP contribution >= 0.6 is 11.6 Å². The molecule has 43 heavy (non-hydrogen) atoms. The Morgan fingerprint density at radius 2 is 1.79 bits per heavy atom. The zero-order valence-corrected chi connectivity index (χ0v) is 25.3. The number of nitrogens with zero attached hydrogens (tertiary/aromatic N) is 7. The fourth-order valence-corrected chi connectivity index (χ4v) is 5.40. The largest absolute Gasteiger partial charge is 0.506 e. The number of pyridine rings is 1. The number of halogens is 1. The minimum absolute atomic E-state index is 0.0401. The summed E-state index contributed by atoms with van der Waals surface area (Å²) in [5.74, 6) is 0.491. The fourth-order valence-electron chi connectivity index (χ4n) is 5.12. The molecule has 5 aromatic rings. The minimum atomic E-state index is -0.474.